The minimum Gasteiger partial charge on any atom is -0.462 e. The predicted octanol–water partition coefficient (Wildman–Crippen LogP) is 15.6. The Bertz CT molecular complexity index is 1220. The van der Waals surface area contributed by atoms with Gasteiger partial charge in [0, 0.05) is 19.4 Å². The summed E-state index contributed by atoms with van der Waals surface area (Å²) in [6.45, 7) is 3.66. The van der Waals surface area contributed by atoms with Gasteiger partial charge in [0.25, 0.3) is 0 Å². The topological polar surface area (TPSA) is 134 Å². The van der Waals surface area contributed by atoms with E-state index in [1.165, 1.54) is 141 Å². The molecule has 0 radical (unpaired) electrons. The van der Waals surface area contributed by atoms with Crippen molar-refractivity contribution >= 4 is 19.8 Å². The number of unbranched alkanes of at least 4 members (excludes halogenated alkanes) is 25. The second-order valence-corrected chi connectivity index (χ2v) is 18.5. The minimum absolute atomic E-state index is 0.0428. The van der Waals surface area contributed by atoms with Crippen LogP contribution in [0.1, 0.15) is 232 Å². The Hall–Kier alpha value is -2.29. The predicted molar refractivity (Wildman–Crippen MR) is 266 cm³/mol. The molecule has 9 nitrogen and oxygen atoms in total. The second-order valence-electron chi connectivity index (χ2n) is 17.0. The van der Waals surface area contributed by atoms with Crippen LogP contribution in [0.4, 0.5) is 0 Å². The SMILES string of the molecule is CCCCC/C=C/C/C=C/C/C=C/C/C=C/CCCCCC(=O)O[C@H](COC(=O)CCC/C=C/CCCCCCCCCCCCCCCCCCCC)COP(=O)(O)OCCN. The molecule has 0 rings (SSSR count). The lowest BCUT2D eigenvalue weighted by Crippen LogP contribution is -2.29. The fraction of sp³-hybridized carbons (Fsp3) is 0.774. The van der Waals surface area contributed by atoms with Gasteiger partial charge in [0.05, 0.1) is 13.2 Å². The molecule has 1 unspecified atom stereocenters. The van der Waals surface area contributed by atoms with E-state index in [4.69, 9.17) is 24.3 Å². The van der Waals surface area contributed by atoms with Crippen LogP contribution in [-0.4, -0.2) is 49.3 Å². The number of phosphoric ester groups is 1. The zero-order valence-corrected chi connectivity index (χ0v) is 41.4. The number of esters is 2. The Morgan fingerprint density at radius 2 is 0.841 bits per heavy atom. The van der Waals surface area contributed by atoms with Crippen molar-refractivity contribution in [1.82, 2.24) is 0 Å². The number of carbonyl (C=O) groups is 2. The van der Waals surface area contributed by atoms with Crippen molar-refractivity contribution in [3.63, 3.8) is 0 Å². The van der Waals surface area contributed by atoms with Crippen molar-refractivity contribution < 1.29 is 37.6 Å². The lowest BCUT2D eigenvalue weighted by Gasteiger charge is -2.19. The van der Waals surface area contributed by atoms with E-state index in [1.807, 2.05) is 0 Å². The second kappa shape index (κ2) is 49.2. The third kappa shape index (κ3) is 49.0. The van der Waals surface area contributed by atoms with E-state index in [0.717, 1.165) is 51.4 Å². The summed E-state index contributed by atoms with van der Waals surface area (Å²) in [6, 6.07) is 0. The average molecular weight is 906 g/mol. The first kappa shape index (κ1) is 60.7. The lowest BCUT2D eigenvalue weighted by atomic mass is 10.0. The largest absolute Gasteiger partial charge is 0.472 e. The molecule has 3 N–H and O–H groups in total. The van der Waals surface area contributed by atoms with Gasteiger partial charge >= 0.3 is 19.8 Å². The summed E-state index contributed by atoms with van der Waals surface area (Å²) in [5, 5.41) is 0. The van der Waals surface area contributed by atoms with Gasteiger partial charge in [-0.05, 0) is 77.0 Å². The van der Waals surface area contributed by atoms with Crippen molar-refractivity contribution in [2.24, 2.45) is 5.73 Å². The number of hydrogen-bond acceptors (Lipinski definition) is 8. The van der Waals surface area contributed by atoms with Gasteiger partial charge in [-0.15, -0.1) is 0 Å². The number of carbonyl (C=O) groups excluding carboxylic acids is 2. The van der Waals surface area contributed by atoms with Gasteiger partial charge in [-0.3, -0.25) is 18.6 Å². The molecule has 366 valence electrons. The Labute approximate surface area is 387 Å². The number of hydrogen-bond donors (Lipinski definition) is 2. The van der Waals surface area contributed by atoms with Crippen LogP contribution in [0, 0.1) is 0 Å². The normalized spacial score (nSPS) is 13.7. The Morgan fingerprint density at radius 1 is 0.476 bits per heavy atom. The van der Waals surface area contributed by atoms with Crippen LogP contribution in [-0.2, 0) is 32.7 Å². The van der Waals surface area contributed by atoms with Gasteiger partial charge in [0.2, 0.25) is 0 Å². The zero-order valence-electron chi connectivity index (χ0n) is 40.6. The van der Waals surface area contributed by atoms with E-state index in [2.05, 4.69) is 74.6 Å². The lowest BCUT2D eigenvalue weighted by molar-refractivity contribution is -0.161. The maximum atomic E-state index is 12.6. The van der Waals surface area contributed by atoms with E-state index in [9.17, 15) is 19.0 Å². The molecule has 63 heavy (non-hydrogen) atoms. The highest BCUT2D eigenvalue weighted by molar-refractivity contribution is 7.47. The number of phosphoric acid groups is 1. The monoisotopic (exact) mass is 906 g/mol. The maximum absolute atomic E-state index is 12.6. The van der Waals surface area contributed by atoms with Crippen molar-refractivity contribution in [1.29, 1.82) is 0 Å². The van der Waals surface area contributed by atoms with Crippen LogP contribution in [0.2, 0.25) is 0 Å². The Morgan fingerprint density at radius 3 is 1.32 bits per heavy atom. The molecule has 10 heteroatoms. The molecule has 0 aromatic carbocycles. The molecule has 0 saturated carbocycles. The zero-order chi connectivity index (χ0) is 46.0. The standard InChI is InChI=1S/C53H96NO8P/c1-3-5-7-9-11-13-15-17-19-21-23-24-25-26-28-29-31-33-35-37-39-41-43-45-52(55)59-49-51(50-61-63(57,58)60-48-47-54)62-53(56)46-44-42-40-38-36-34-32-30-27-22-20-18-16-14-12-10-8-6-4-2/h12,14,18,20,27,30,34,36-37,39,51H,3-11,13,15-17,19,21-26,28-29,31-33,35,38,40-50,54H2,1-2H3,(H,57,58)/b14-12+,20-18+,30-27+,36-34+,39-37+/t51-/m1/s1. The molecule has 0 heterocycles. The molecule has 0 saturated heterocycles. The molecule has 0 amide bonds. The number of nitrogens with two attached hydrogens (primary N) is 1. The van der Waals surface area contributed by atoms with Gasteiger partial charge in [-0.1, -0.05) is 203 Å². The van der Waals surface area contributed by atoms with Crippen LogP contribution in [0.25, 0.3) is 0 Å². The first-order valence-corrected chi connectivity index (χ1v) is 27.3. The van der Waals surface area contributed by atoms with Crippen LogP contribution < -0.4 is 5.73 Å². The molecular weight excluding hydrogens is 810 g/mol. The Kier molecular flexibility index (Phi) is 47.4. The van der Waals surface area contributed by atoms with E-state index in [1.54, 1.807) is 0 Å². The molecule has 0 bridgehead atoms. The summed E-state index contributed by atoms with van der Waals surface area (Å²) in [4.78, 5) is 35.0. The average Bonchev–Trinajstić information content (AvgIpc) is 3.27. The first-order valence-electron chi connectivity index (χ1n) is 25.8. The minimum atomic E-state index is -4.40. The van der Waals surface area contributed by atoms with Gasteiger partial charge in [0.15, 0.2) is 6.10 Å². The molecule has 0 aromatic heterocycles. The third-order valence-corrected chi connectivity index (χ3v) is 11.9. The molecule has 2 atom stereocenters. The highest BCUT2D eigenvalue weighted by Crippen LogP contribution is 2.43. The van der Waals surface area contributed by atoms with Crippen LogP contribution >= 0.6 is 7.82 Å². The van der Waals surface area contributed by atoms with Crippen LogP contribution in [0.15, 0.2) is 60.8 Å². The third-order valence-electron chi connectivity index (χ3n) is 10.9. The summed E-state index contributed by atoms with van der Waals surface area (Å²) < 4.78 is 32.8. The van der Waals surface area contributed by atoms with E-state index < -0.39 is 32.5 Å². The molecule has 0 aliphatic heterocycles. The fourth-order valence-corrected chi connectivity index (χ4v) is 7.80. The highest BCUT2D eigenvalue weighted by Gasteiger charge is 2.26. The quantitative estimate of drug-likeness (QED) is 0.0265. The molecule has 0 spiro atoms. The highest BCUT2D eigenvalue weighted by atomic mass is 31.2. The van der Waals surface area contributed by atoms with Crippen molar-refractivity contribution in [2.75, 3.05) is 26.4 Å². The van der Waals surface area contributed by atoms with E-state index >= 15 is 0 Å². The van der Waals surface area contributed by atoms with E-state index in [0.29, 0.717) is 12.8 Å². The molecule has 0 fully saturated rings. The maximum Gasteiger partial charge on any atom is 0.472 e. The van der Waals surface area contributed by atoms with Gasteiger partial charge in [0.1, 0.15) is 6.61 Å². The summed E-state index contributed by atoms with van der Waals surface area (Å²) in [7, 11) is -4.40. The molecule has 0 aliphatic rings. The van der Waals surface area contributed by atoms with Crippen molar-refractivity contribution in [2.45, 2.75) is 238 Å². The van der Waals surface area contributed by atoms with Gasteiger partial charge in [-0.25, -0.2) is 4.57 Å². The van der Waals surface area contributed by atoms with Crippen LogP contribution in [0.5, 0.6) is 0 Å². The number of ether oxygens (including phenoxy) is 2. The van der Waals surface area contributed by atoms with Crippen LogP contribution in [0.3, 0.4) is 0 Å². The fourth-order valence-electron chi connectivity index (χ4n) is 7.03. The molecule has 0 aliphatic carbocycles. The van der Waals surface area contributed by atoms with E-state index in [-0.39, 0.29) is 32.6 Å². The van der Waals surface area contributed by atoms with Gasteiger partial charge < -0.3 is 20.1 Å². The summed E-state index contributed by atoms with van der Waals surface area (Å²) in [5.41, 5.74) is 5.36. The van der Waals surface area contributed by atoms with Crippen molar-refractivity contribution in [3.05, 3.63) is 60.8 Å². The first-order chi connectivity index (χ1) is 30.8. The summed E-state index contributed by atoms with van der Waals surface area (Å²) in [6.07, 6.45) is 59.9. The molecule has 0 aromatic rings. The molecular formula is C53H96NO8P. The van der Waals surface area contributed by atoms with Crippen molar-refractivity contribution in [3.8, 4) is 0 Å². The Balaban J connectivity index is 4.12. The number of allylic oxidation sites excluding steroid dienone is 10. The van der Waals surface area contributed by atoms with Gasteiger partial charge in [-0.2, -0.15) is 0 Å². The smallest absolute Gasteiger partial charge is 0.462 e. The summed E-state index contributed by atoms with van der Waals surface area (Å²) >= 11 is 0. The summed E-state index contributed by atoms with van der Waals surface area (Å²) in [5.74, 6) is -0.899. The number of rotatable bonds is 48.